The third kappa shape index (κ3) is 4.02. The molecule has 0 spiro atoms. The van der Waals surface area contributed by atoms with Gasteiger partial charge in [0.05, 0.1) is 0 Å². The van der Waals surface area contributed by atoms with Crippen LogP contribution >= 0.6 is 0 Å². The standard InChI is InChI=1S/C17H25F2N/c1-2-3-4-12-5-7-13(8-6-12)17(20)14-9-15(18)11-16(19)10-14/h9-13,17H,2-8,20H2,1H3. The van der Waals surface area contributed by atoms with E-state index >= 15 is 0 Å². The van der Waals surface area contributed by atoms with Gasteiger partial charge in [-0.05, 0) is 42.4 Å². The van der Waals surface area contributed by atoms with Crippen molar-refractivity contribution < 1.29 is 8.78 Å². The monoisotopic (exact) mass is 281 g/mol. The summed E-state index contributed by atoms with van der Waals surface area (Å²) in [5, 5.41) is 0. The van der Waals surface area contributed by atoms with Gasteiger partial charge in [-0.2, -0.15) is 0 Å². The Balaban J connectivity index is 1.92. The fraction of sp³-hybridized carbons (Fsp3) is 0.647. The summed E-state index contributed by atoms with van der Waals surface area (Å²) in [5.41, 5.74) is 6.82. The molecular weight excluding hydrogens is 256 g/mol. The second-order valence-corrected chi connectivity index (χ2v) is 6.15. The quantitative estimate of drug-likeness (QED) is 0.811. The molecule has 0 saturated heterocycles. The summed E-state index contributed by atoms with van der Waals surface area (Å²) in [4.78, 5) is 0. The molecule has 0 aromatic heterocycles. The minimum Gasteiger partial charge on any atom is -0.324 e. The van der Waals surface area contributed by atoms with Gasteiger partial charge in [-0.3, -0.25) is 0 Å². The van der Waals surface area contributed by atoms with Gasteiger partial charge < -0.3 is 5.73 Å². The molecule has 1 fully saturated rings. The summed E-state index contributed by atoms with van der Waals surface area (Å²) in [6.07, 6.45) is 8.43. The van der Waals surface area contributed by atoms with Crippen molar-refractivity contribution in [3.8, 4) is 0 Å². The van der Waals surface area contributed by atoms with Crippen LogP contribution in [0, 0.1) is 23.5 Å². The summed E-state index contributed by atoms with van der Waals surface area (Å²) in [7, 11) is 0. The molecule has 2 N–H and O–H groups in total. The minimum absolute atomic E-state index is 0.243. The molecule has 1 aliphatic rings. The van der Waals surface area contributed by atoms with E-state index in [1.807, 2.05) is 0 Å². The van der Waals surface area contributed by atoms with Gasteiger partial charge in [0.1, 0.15) is 11.6 Å². The van der Waals surface area contributed by atoms with Crippen molar-refractivity contribution in [1.82, 2.24) is 0 Å². The SMILES string of the molecule is CCCCC1CCC(C(N)c2cc(F)cc(F)c2)CC1. The zero-order valence-electron chi connectivity index (χ0n) is 12.2. The fourth-order valence-corrected chi connectivity index (χ4v) is 3.37. The van der Waals surface area contributed by atoms with Crippen LogP contribution in [0.2, 0.25) is 0 Å². The van der Waals surface area contributed by atoms with E-state index in [4.69, 9.17) is 5.73 Å². The van der Waals surface area contributed by atoms with Gasteiger partial charge in [-0.15, -0.1) is 0 Å². The highest BCUT2D eigenvalue weighted by atomic mass is 19.1. The maximum absolute atomic E-state index is 13.3. The number of halogens is 2. The predicted molar refractivity (Wildman–Crippen MR) is 78.3 cm³/mol. The average molecular weight is 281 g/mol. The summed E-state index contributed by atoms with van der Waals surface area (Å²) < 4.78 is 26.5. The molecule has 1 aromatic carbocycles. The Hall–Kier alpha value is -0.960. The lowest BCUT2D eigenvalue weighted by Gasteiger charge is -2.32. The van der Waals surface area contributed by atoms with Crippen LogP contribution in [0.15, 0.2) is 18.2 Å². The fourth-order valence-electron chi connectivity index (χ4n) is 3.37. The lowest BCUT2D eigenvalue weighted by Crippen LogP contribution is -2.26. The first-order valence-electron chi connectivity index (χ1n) is 7.81. The van der Waals surface area contributed by atoms with Crippen LogP contribution < -0.4 is 5.73 Å². The van der Waals surface area contributed by atoms with Gasteiger partial charge in [-0.1, -0.05) is 39.0 Å². The van der Waals surface area contributed by atoms with Crippen LogP contribution in [0.3, 0.4) is 0 Å². The Kier molecular flexibility index (Phi) is 5.53. The van der Waals surface area contributed by atoms with Gasteiger partial charge in [0, 0.05) is 12.1 Å². The second kappa shape index (κ2) is 7.16. The van der Waals surface area contributed by atoms with Crippen LogP contribution in [0.5, 0.6) is 0 Å². The molecule has 1 unspecified atom stereocenters. The molecule has 112 valence electrons. The molecule has 0 aliphatic heterocycles. The van der Waals surface area contributed by atoms with Crippen LogP contribution in [-0.4, -0.2) is 0 Å². The normalized spacial score (nSPS) is 24.6. The Morgan fingerprint density at radius 3 is 2.25 bits per heavy atom. The van der Waals surface area contributed by atoms with Crippen LogP contribution in [0.25, 0.3) is 0 Å². The van der Waals surface area contributed by atoms with E-state index < -0.39 is 11.6 Å². The van der Waals surface area contributed by atoms with Crippen molar-refractivity contribution in [2.24, 2.45) is 17.6 Å². The van der Waals surface area contributed by atoms with Gasteiger partial charge in [0.15, 0.2) is 0 Å². The third-order valence-electron chi connectivity index (χ3n) is 4.63. The van der Waals surface area contributed by atoms with Crippen molar-refractivity contribution in [2.75, 3.05) is 0 Å². The smallest absolute Gasteiger partial charge is 0.126 e. The highest BCUT2D eigenvalue weighted by Crippen LogP contribution is 2.37. The van der Waals surface area contributed by atoms with E-state index in [-0.39, 0.29) is 6.04 Å². The maximum Gasteiger partial charge on any atom is 0.126 e. The summed E-state index contributed by atoms with van der Waals surface area (Å²) in [6, 6.07) is 3.40. The molecule has 1 nitrogen and oxygen atoms in total. The van der Waals surface area contributed by atoms with E-state index in [9.17, 15) is 8.78 Å². The van der Waals surface area contributed by atoms with Crippen molar-refractivity contribution in [3.63, 3.8) is 0 Å². The number of hydrogen-bond donors (Lipinski definition) is 1. The molecule has 1 aliphatic carbocycles. The first-order chi connectivity index (χ1) is 9.60. The molecule has 2 rings (SSSR count). The first-order valence-corrected chi connectivity index (χ1v) is 7.81. The van der Waals surface area contributed by atoms with E-state index in [2.05, 4.69) is 6.92 Å². The van der Waals surface area contributed by atoms with Crippen molar-refractivity contribution in [1.29, 1.82) is 0 Å². The largest absolute Gasteiger partial charge is 0.324 e. The summed E-state index contributed by atoms with van der Waals surface area (Å²) >= 11 is 0. The average Bonchev–Trinajstić information content (AvgIpc) is 2.44. The molecule has 1 aromatic rings. The lowest BCUT2D eigenvalue weighted by atomic mass is 9.75. The predicted octanol–water partition coefficient (Wildman–Crippen LogP) is 4.96. The molecule has 1 saturated carbocycles. The highest BCUT2D eigenvalue weighted by molar-refractivity contribution is 5.22. The molecule has 20 heavy (non-hydrogen) atoms. The Morgan fingerprint density at radius 2 is 1.70 bits per heavy atom. The van der Waals surface area contributed by atoms with Gasteiger partial charge >= 0.3 is 0 Å². The number of nitrogens with two attached hydrogens (primary N) is 1. The summed E-state index contributed by atoms with van der Waals surface area (Å²) in [5.74, 6) is 0.107. The minimum atomic E-state index is -0.535. The first kappa shape index (κ1) is 15.4. The third-order valence-corrected chi connectivity index (χ3v) is 4.63. The number of hydrogen-bond acceptors (Lipinski definition) is 1. The van der Waals surface area contributed by atoms with Crippen LogP contribution in [0.1, 0.15) is 63.5 Å². The Labute approximate surface area is 120 Å². The molecule has 0 amide bonds. The number of benzene rings is 1. The zero-order valence-corrected chi connectivity index (χ0v) is 12.2. The van der Waals surface area contributed by atoms with Crippen LogP contribution in [0.4, 0.5) is 8.78 Å². The molecule has 0 bridgehead atoms. The van der Waals surface area contributed by atoms with Gasteiger partial charge in [-0.25, -0.2) is 8.78 Å². The topological polar surface area (TPSA) is 26.0 Å². The zero-order chi connectivity index (χ0) is 14.5. The number of rotatable bonds is 5. The van der Waals surface area contributed by atoms with Crippen LogP contribution in [-0.2, 0) is 0 Å². The summed E-state index contributed by atoms with van der Waals surface area (Å²) in [6.45, 7) is 2.22. The van der Waals surface area contributed by atoms with Gasteiger partial charge in [0.25, 0.3) is 0 Å². The molecular formula is C17H25F2N. The van der Waals surface area contributed by atoms with E-state index in [0.717, 1.165) is 24.8 Å². The molecule has 0 heterocycles. The molecule has 0 radical (unpaired) electrons. The van der Waals surface area contributed by atoms with Crippen molar-refractivity contribution >= 4 is 0 Å². The Morgan fingerprint density at radius 1 is 1.10 bits per heavy atom. The Bertz CT molecular complexity index is 405. The van der Waals surface area contributed by atoms with Crippen molar-refractivity contribution in [3.05, 3.63) is 35.4 Å². The molecule has 3 heteroatoms. The van der Waals surface area contributed by atoms with Crippen molar-refractivity contribution in [2.45, 2.75) is 57.9 Å². The molecule has 1 atom stereocenters. The number of unbranched alkanes of at least 4 members (excludes halogenated alkanes) is 1. The van der Waals surface area contributed by atoms with E-state index in [1.54, 1.807) is 0 Å². The van der Waals surface area contributed by atoms with E-state index in [1.165, 1.54) is 44.2 Å². The second-order valence-electron chi connectivity index (χ2n) is 6.15. The van der Waals surface area contributed by atoms with Gasteiger partial charge in [0.2, 0.25) is 0 Å². The maximum atomic E-state index is 13.3. The van der Waals surface area contributed by atoms with E-state index in [0.29, 0.717) is 11.5 Å². The lowest BCUT2D eigenvalue weighted by molar-refractivity contribution is 0.232. The highest BCUT2D eigenvalue weighted by Gasteiger charge is 2.26.